The van der Waals surface area contributed by atoms with E-state index in [2.05, 4.69) is 15.3 Å². The van der Waals surface area contributed by atoms with Crippen molar-refractivity contribution in [3.63, 3.8) is 0 Å². The smallest absolute Gasteiger partial charge is 0.408 e. The van der Waals surface area contributed by atoms with E-state index in [1.165, 1.54) is 12.3 Å². The van der Waals surface area contributed by atoms with Crippen LogP contribution < -0.4 is 10.9 Å². The summed E-state index contributed by atoms with van der Waals surface area (Å²) >= 11 is 0. The van der Waals surface area contributed by atoms with E-state index < -0.39 is 17.2 Å². The molecule has 0 saturated carbocycles. The molecule has 100 valence electrons. The highest BCUT2D eigenvalue weighted by Crippen LogP contribution is 2.15. The van der Waals surface area contributed by atoms with Crippen molar-refractivity contribution in [1.29, 1.82) is 0 Å². The summed E-state index contributed by atoms with van der Waals surface area (Å²) in [4.78, 5) is 29.5. The average molecular weight is 253 g/mol. The number of nitrogens with zero attached hydrogens (tertiary/aromatic N) is 1. The van der Waals surface area contributed by atoms with Crippen molar-refractivity contribution >= 4 is 6.09 Å². The quantitative estimate of drug-likeness (QED) is 0.837. The number of alkyl carbamates (subject to hydrolysis) is 1. The van der Waals surface area contributed by atoms with Gasteiger partial charge in [-0.15, -0.1) is 0 Å². The second-order valence-corrected chi connectivity index (χ2v) is 5.53. The molecule has 1 amide bonds. The molecule has 1 heterocycles. The third-order valence-corrected chi connectivity index (χ3v) is 2.08. The van der Waals surface area contributed by atoms with Crippen molar-refractivity contribution in [1.82, 2.24) is 15.3 Å². The van der Waals surface area contributed by atoms with Gasteiger partial charge in [-0.2, -0.15) is 0 Å². The van der Waals surface area contributed by atoms with E-state index in [0.29, 0.717) is 5.82 Å². The fraction of sp³-hybridized carbons (Fsp3) is 0.583. The average Bonchev–Trinajstić information content (AvgIpc) is 2.13. The first kappa shape index (κ1) is 14.2. The van der Waals surface area contributed by atoms with Gasteiger partial charge >= 0.3 is 6.09 Å². The van der Waals surface area contributed by atoms with Gasteiger partial charge in [-0.25, -0.2) is 9.78 Å². The zero-order chi connectivity index (χ0) is 14.0. The van der Waals surface area contributed by atoms with E-state index in [0.717, 1.165) is 0 Å². The summed E-state index contributed by atoms with van der Waals surface area (Å²) in [7, 11) is 0. The Hall–Kier alpha value is -1.85. The fourth-order valence-corrected chi connectivity index (χ4v) is 1.31. The van der Waals surface area contributed by atoms with Gasteiger partial charge in [0.25, 0.3) is 5.56 Å². The highest BCUT2D eigenvalue weighted by Gasteiger charge is 2.28. The van der Waals surface area contributed by atoms with E-state index in [9.17, 15) is 9.59 Å². The van der Waals surface area contributed by atoms with Crippen molar-refractivity contribution in [3.05, 3.63) is 28.4 Å². The number of nitrogens with one attached hydrogen (secondary N) is 2. The molecule has 0 aliphatic rings. The third-order valence-electron chi connectivity index (χ3n) is 2.08. The first-order valence-corrected chi connectivity index (χ1v) is 5.67. The van der Waals surface area contributed by atoms with Gasteiger partial charge in [-0.3, -0.25) is 4.79 Å². The summed E-state index contributed by atoms with van der Waals surface area (Å²) in [5.41, 5.74) is -1.65. The lowest BCUT2D eigenvalue weighted by Gasteiger charge is -2.27. The standard InChI is InChI=1S/C12H19N3O3/c1-11(2,3)18-10(17)15-12(4,5)9-13-7-6-8(16)14-9/h6-7H,1-5H3,(H,15,17)(H,13,14,16). The molecule has 6 heteroatoms. The zero-order valence-electron chi connectivity index (χ0n) is 11.3. The molecular formula is C12H19N3O3. The molecule has 6 nitrogen and oxygen atoms in total. The lowest BCUT2D eigenvalue weighted by Crippen LogP contribution is -2.45. The molecule has 18 heavy (non-hydrogen) atoms. The van der Waals surface area contributed by atoms with Crippen LogP contribution in [0.2, 0.25) is 0 Å². The lowest BCUT2D eigenvalue weighted by atomic mass is 10.1. The van der Waals surface area contributed by atoms with Gasteiger partial charge in [0.1, 0.15) is 11.4 Å². The molecule has 0 atom stereocenters. The van der Waals surface area contributed by atoms with Crippen LogP contribution in [-0.2, 0) is 10.3 Å². The summed E-state index contributed by atoms with van der Waals surface area (Å²) in [6.07, 6.45) is 0.839. The Kier molecular flexibility index (Phi) is 3.79. The first-order valence-electron chi connectivity index (χ1n) is 5.67. The van der Waals surface area contributed by atoms with Crippen molar-refractivity contribution in [2.24, 2.45) is 0 Å². The fourth-order valence-electron chi connectivity index (χ4n) is 1.31. The minimum Gasteiger partial charge on any atom is -0.444 e. The van der Waals surface area contributed by atoms with Crippen molar-refractivity contribution in [2.75, 3.05) is 0 Å². The summed E-state index contributed by atoms with van der Waals surface area (Å²) in [6.45, 7) is 8.80. The van der Waals surface area contributed by atoms with Gasteiger partial charge in [-0.05, 0) is 34.6 Å². The Labute approximate surface area is 106 Å². The molecule has 0 spiro atoms. The van der Waals surface area contributed by atoms with Crippen LogP contribution in [0.5, 0.6) is 0 Å². The van der Waals surface area contributed by atoms with Gasteiger partial charge < -0.3 is 15.0 Å². The SMILES string of the molecule is CC(C)(C)OC(=O)NC(C)(C)c1nccc(=O)[nH]1. The molecule has 0 unspecified atom stereocenters. The summed E-state index contributed by atoms with van der Waals surface area (Å²) in [6, 6.07) is 1.31. The summed E-state index contributed by atoms with van der Waals surface area (Å²) < 4.78 is 5.16. The number of rotatable bonds is 2. The molecule has 0 aromatic carbocycles. The number of hydrogen-bond donors (Lipinski definition) is 2. The molecule has 0 bridgehead atoms. The molecule has 2 N–H and O–H groups in total. The van der Waals surface area contributed by atoms with Gasteiger partial charge in [0, 0.05) is 12.3 Å². The van der Waals surface area contributed by atoms with Crippen LogP contribution in [0.4, 0.5) is 4.79 Å². The molecule has 0 saturated heterocycles. The lowest BCUT2D eigenvalue weighted by molar-refractivity contribution is 0.0466. The minimum atomic E-state index is -0.817. The zero-order valence-corrected chi connectivity index (χ0v) is 11.3. The number of amides is 1. The predicted molar refractivity (Wildman–Crippen MR) is 67.3 cm³/mol. The number of ether oxygens (including phenoxy) is 1. The maximum atomic E-state index is 11.7. The normalized spacial score (nSPS) is 12.1. The molecule has 1 aromatic rings. The second kappa shape index (κ2) is 4.80. The van der Waals surface area contributed by atoms with Gasteiger partial charge in [0.2, 0.25) is 0 Å². The van der Waals surface area contributed by atoms with E-state index in [1.54, 1.807) is 34.6 Å². The van der Waals surface area contributed by atoms with Crippen LogP contribution in [0.3, 0.4) is 0 Å². The first-order chi connectivity index (χ1) is 8.10. The van der Waals surface area contributed by atoms with Crippen molar-refractivity contribution in [3.8, 4) is 0 Å². The van der Waals surface area contributed by atoms with Crippen molar-refractivity contribution < 1.29 is 9.53 Å². The van der Waals surface area contributed by atoms with Crippen LogP contribution in [0, 0.1) is 0 Å². The third kappa shape index (κ3) is 4.20. The highest BCUT2D eigenvalue weighted by molar-refractivity contribution is 5.68. The van der Waals surface area contributed by atoms with Crippen LogP contribution in [0.15, 0.2) is 17.1 Å². The molecule has 0 fully saturated rings. The van der Waals surface area contributed by atoms with Gasteiger partial charge in [0.05, 0.1) is 5.54 Å². The van der Waals surface area contributed by atoms with Crippen LogP contribution in [0.25, 0.3) is 0 Å². The maximum Gasteiger partial charge on any atom is 0.408 e. The van der Waals surface area contributed by atoms with Crippen LogP contribution in [-0.4, -0.2) is 21.7 Å². The number of H-pyrrole nitrogens is 1. The van der Waals surface area contributed by atoms with Crippen LogP contribution in [0.1, 0.15) is 40.4 Å². The molecular weight excluding hydrogens is 234 g/mol. The molecule has 0 radical (unpaired) electrons. The maximum absolute atomic E-state index is 11.7. The molecule has 0 aliphatic heterocycles. The summed E-state index contributed by atoms with van der Waals surface area (Å²) in [5.74, 6) is 0.376. The Morgan fingerprint density at radius 3 is 2.44 bits per heavy atom. The number of carbonyl (C=O) groups excluding carboxylic acids is 1. The monoisotopic (exact) mass is 253 g/mol. The molecule has 0 aliphatic carbocycles. The van der Waals surface area contributed by atoms with Gasteiger partial charge in [-0.1, -0.05) is 0 Å². The molecule has 1 aromatic heterocycles. The van der Waals surface area contributed by atoms with E-state index in [-0.39, 0.29) is 5.56 Å². The van der Waals surface area contributed by atoms with E-state index in [1.807, 2.05) is 0 Å². The second-order valence-electron chi connectivity index (χ2n) is 5.53. The summed E-state index contributed by atoms with van der Waals surface area (Å²) in [5, 5.41) is 2.66. The highest BCUT2D eigenvalue weighted by atomic mass is 16.6. The predicted octanol–water partition coefficient (Wildman–Crippen LogP) is 1.53. The Bertz CT molecular complexity index is 486. The number of aromatic nitrogens is 2. The number of hydrogen-bond acceptors (Lipinski definition) is 4. The Balaban J connectivity index is 2.82. The Morgan fingerprint density at radius 1 is 1.33 bits per heavy atom. The van der Waals surface area contributed by atoms with E-state index >= 15 is 0 Å². The minimum absolute atomic E-state index is 0.265. The topological polar surface area (TPSA) is 84.1 Å². The van der Waals surface area contributed by atoms with Crippen LogP contribution >= 0.6 is 0 Å². The molecule has 1 rings (SSSR count). The van der Waals surface area contributed by atoms with Gasteiger partial charge in [0.15, 0.2) is 0 Å². The van der Waals surface area contributed by atoms with E-state index in [4.69, 9.17) is 4.74 Å². The number of carbonyl (C=O) groups is 1. The Morgan fingerprint density at radius 2 is 1.94 bits per heavy atom. The largest absolute Gasteiger partial charge is 0.444 e. The number of aromatic amines is 1. The van der Waals surface area contributed by atoms with Crippen molar-refractivity contribution in [2.45, 2.75) is 45.8 Å².